The molecule has 0 aliphatic carbocycles. The van der Waals surface area contributed by atoms with Crippen molar-refractivity contribution in [2.45, 2.75) is 154 Å². The summed E-state index contributed by atoms with van der Waals surface area (Å²) in [6, 6.07) is 0. The van der Waals surface area contributed by atoms with E-state index < -0.39 is 187 Å². The third-order valence-electron chi connectivity index (χ3n) is 10.5. The number of aliphatic hydroxyl groups is 16. The zero-order valence-electron chi connectivity index (χ0n) is 30.2. The molecule has 5 heterocycles. The van der Waals surface area contributed by atoms with Crippen molar-refractivity contribution < 1.29 is 129 Å². The van der Waals surface area contributed by atoms with Crippen LogP contribution < -0.4 is 0 Å². The Morgan fingerprint density at radius 2 is 0.702 bits per heavy atom. The highest BCUT2D eigenvalue weighted by Gasteiger charge is 2.56. The number of methoxy groups -OCH3 is 1. The number of aliphatic hydroxyl groups excluding tert-OH is 16. The second-order valence-corrected chi connectivity index (χ2v) is 14.2. The van der Waals surface area contributed by atoms with Gasteiger partial charge in [0, 0.05) is 7.11 Å². The van der Waals surface area contributed by atoms with E-state index in [1.165, 1.54) is 7.11 Å². The average molecular weight is 843 g/mol. The zero-order chi connectivity index (χ0) is 42.0. The van der Waals surface area contributed by atoms with E-state index in [0.717, 1.165) is 0 Å². The molecule has 5 fully saturated rings. The quantitative estimate of drug-likeness (QED) is 0.0772. The van der Waals surface area contributed by atoms with Crippen LogP contribution in [0.15, 0.2) is 0 Å². The van der Waals surface area contributed by atoms with E-state index in [0.29, 0.717) is 0 Å². The second-order valence-electron chi connectivity index (χ2n) is 14.2. The SMILES string of the molecule is CO[C@@H]1C(CO)O[C@@H](O[C@H]2C(O)C(O)[C@H](O[C@@H]3C(CO[C@H]4OC(CO)[C@H](O)[C@H](O)C4O)O[C@@H](O[C@H]4C(O)C(O)[C@H](O)O[C@H]4CO)C(O)[C@H]3O)O[C@H]2CO)C(O)[C@H]1O. The third-order valence-corrected chi connectivity index (χ3v) is 10.5. The van der Waals surface area contributed by atoms with Crippen molar-refractivity contribution in [3.8, 4) is 0 Å². The van der Waals surface area contributed by atoms with Crippen molar-refractivity contribution in [1.29, 1.82) is 0 Å². The van der Waals surface area contributed by atoms with Crippen molar-refractivity contribution >= 4 is 0 Å². The van der Waals surface area contributed by atoms with Gasteiger partial charge in [-0.2, -0.15) is 0 Å². The molecule has 0 saturated carbocycles. The molecule has 5 saturated heterocycles. The summed E-state index contributed by atoms with van der Waals surface area (Å²) in [4.78, 5) is 0. The molecule has 0 radical (unpaired) electrons. The molecular formula is C31H54O26. The van der Waals surface area contributed by atoms with Crippen LogP contribution in [-0.4, -0.2) is 275 Å². The minimum atomic E-state index is -2.14. The predicted molar refractivity (Wildman–Crippen MR) is 171 cm³/mol. The largest absolute Gasteiger partial charge is 0.394 e. The fourth-order valence-electron chi connectivity index (χ4n) is 7.20. The standard InChI is InChI=1S/C31H54O26/c1-48-23-8(3-33)52-29(20(44)15(23)39)56-25-10(5-35)53-30(21(45)16(25)40)57-26-11(6-49-28-19(43)13(37)12(36)7(2-32)51-28)54-31(22(46)17(26)41)55-24-9(4-34)50-27(47)18(42)14(24)38/h7-47H,2-6H2,1H3/t7?,8?,9-,10-,11?,12-,13-,14?,15+,16?,17+,18?,19?,20?,21?,22?,23+,24+,25+,26+,27+,28-,29-,30-,31-/m0/s1. The summed E-state index contributed by atoms with van der Waals surface area (Å²) in [5.74, 6) is 0. The Kier molecular flexibility index (Phi) is 16.7. The lowest BCUT2D eigenvalue weighted by atomic mass is 9.95. The normalized spacial score (nSPS) is 52.5. The average Bonchev–Trinajstić information content (AvgIpc) is 3.20. The van der Waals surface area contributed by atoms with E-state index in [4.69, 9.17) is 47.4 Å². The zero-order valence-corrected chi connectivity index (χ0v) is 30.2. The van der Waals surface area contributed by atoms with Gasteiger partial charge in [-0.25, -0.2) is 0 Å². The summed E-state index contributed by atoms with van der Waals surface area (Å²) in [7, 11) is 1.19. The molecule has 0 bridgehead atoms. The lowest BCUT2D eigenvalue weighted by Gasteiger charge is -2.49. The summed E-state index contributed by atoms with van der Waals surface area (Å²) < 4.78 is 55.0. The smallest absolute Gasteiger partial charge is 0.187 e. The van der Waals surface area contributed by atoms with Crippen molar-refractivity contribution in [2.24, 2.45) is 0 Å². The Morgan fingerprint density at radius 3 is 1.16 bits per heavy atom. The fourth-order valence-corrected chi connectivity index (χ4v) is 7.20. The minimum absolute atomic E-state index is 0.694. The maximum absolute atomic E-state index is 11.4. The number of rotatable bonds is 14. The van der Waals surface area contributed by atoms with Gasteiger partial charge < -0.3 is 129 Å². The van der Waals surface area contributed by atoms with E-state index in [1.54, 1.807) is 0 Å². The third kappa shape index (κ3) is 9.72. The lowest BCUT2D eigenvalue weighted by Crippen LogP contribution is -2.67. The molecule has 10 unspecified atom stereocenters. The van der Waals surface area contributed by atoms with Gasteiger partial charge in [-0.1, -0.05) is 0 Å². The Labute approximate surface area is 323 Å². The van der Waals surface area contributed by atoms with E-state index >= 15 is 0 Å². The second kappa shape index (κ2) is 20.2. The minimum Gasteiger partial charge on any atom is -0.394 e. The van der Waals surface area contributed by atoms with Crippen LogP contribution in [0.5, 0.6) is 0 Å². The predicted octanol–water partition coefficient (Wildman–Crippen LogP) is -11.3. The Bertz CT molecular complexity index is 1220. The van der Waals surface area contributed by atoms with Gasteiger partial charge in [-0.05, 0) is 0 Å². The van der Waals surface area contributed by atoms with Crippen LogP contribution in [0.1, 0.15) is 0 Å². The highest BCUT2D eigenvalue weighted by atomic mass is 16.8. The molecule has 57 heavy (non-hydrogen) atoms. The molecule has 26 heteroatoms. The van der Waals surface area contributed by atoms with Gasteiger partial charge in [-0.3, -0.25) is 0 Å². The van der Waals surface area contributed by atoms with Gasteiger partial charge in [-0.15, -0.1) is 0 Å². The lowest BCUT2D eigenvalue weighted by molar-refractivity contribution is -0.391. The summed E-state index contributed by atoms with van der Waals surface area (Å²) >= 11 is 0. The maximum atomic E-state index is 11.4. The molecule has 16 N–H and O–H groups in total. The van der Waals surface area contributed by atoms with Crippen LogP contribution in [-0.2, 0) is 47.4 Å². The maximum Gasteiger partial charge on any atom is 0.187 e. The molecule has 0 spiro atoms. The van der Waals surface area contributed by atoms with Crippen molar-refractivity contribution in [3.05, 3.63) is 0 Å². The topological polar surface area (TPSA) is 416 Å². The van der Waals surface area contributed by atoms with Gasteiger partial charge in [0.05, 0.1) is 33.0 Å². The first kappa shape index (κ1) is 47.0. The van der Waals surface area contributed by atoms with E-state index in [9.17, 15) is 81.7 Å². The van der Waals surface area contributed by atoms with Crippen LogP contribution in [0.2, 0.25) is 0 Å². The molecule has 334 valence electrons. The van der Waals surface area contributed by atoms with Crippen LogP contribution in [0, 0.1) is 0 Å². The van der Waals surface area contributed by atoms with Gasteiger partial charge >= 0.3 is 0 Å². The molecule has 0 amide bonds. The van der Waals surface area contributed by atoms with E-state index in [2.05, 4.69) is 0 Å². The van der Waals surface area contributed by atoms with Crippen LogP contribution in [0.3, 0.4) is 0 Å². The van der Waals surface area contributed by atoms with Crippen LogP contribution in [0.4, 0.5) is 0 Å². The van der Waals surface area contributed by atoms with Gasteiger partial charge in [0.15, 0.2) is 31.5 Å². The molecule has 0 aromatic heterocycles. The number of hydrogen-bond donors (Lipinski definition) is 16. The summed E-state index contributed by atoms with van der Waals surface area (Å²) in [6.45, 7) is -4.19. The van der Waals surface area contributed by atoms with Gasteiger partial charge in [0.1, 0.15) is 122 Å². The monoisotopic (exact) mass is 842 g/mol. The molecule has 0 aromatic carbocycles. The number of ether oxygens (including phenoxy) is 10. The van der Waals surface area contributed by atoms with Gasteiger partial charge in [0.2, 0.25) is 0 Å². The highest BCUT2D eigenvalue weighted by molar-refractivity contribution is 4.98. The first-order chi connectivity index (χ1) is 27.0. The van der Waals surface area contributed by atoms with Crippen LogP contribution in [0.25, 0.3) is 0 Å². The summed E-state index contributed by atoms with van der Waals surface area (Å²) in [6.07, 6.45) is -44.9. The molecule has 25 atom stereocenters. The summed E-state index contributed by atoms with van der Waals surface area (Å²) in [5, 5.41) is 167. The number of hydrogen-bond acceptors (Lipinski definition) is 26. The first-order valence-electron chi connectivity index (χ1n) is 18.0. The molecule has 5 aliphatic rings. The molecule has 26 nitrogen and oxygen atoms in total. The molecular weight excluding hydrogens is 788 g/mol. The van der Waals surface area contributed by atoms with Crippen LogP contribution >= 0.6 is 0 Å². The molecule has 5 aliphatic heterocycles. The fraction of sp³-hybridized carbons (Fsp3) is 1.00. The molecule has 5 rings (SSSR count). The Balaban J connectivity index is 1.35. The van der Waals surface area contributed by atoms with Gasteiger partial charge in [0.25, 0.3) is 0 Å². The first-order valence-corrected chi connectivity index (χ1v) is 18.0. The van der Waals surface area contributed by atoms with Crippen molar-refractivity contribution in [1.82, 2.24) is 0 Å². The van der Waals surface area contributed by atoms with Crippen molar-refractivity contribution in [2.75, 3.05) is 40.1 Å². The van der Waals surface area contributed by atoms with E-state index in [-0.39, 0.29) is 0 Å². The van der Waals surface area contributed by atoms with E-state index in [1.807, 2.05) is 0 Å². The Morgan fingerprint density at radius 1 is 0.351 bits per heavy atom. The van der Waals surface area contributed by atoms with Crippen molar-refractivity contribution in [3.63, 3.8) is 0 Å². The Hall–Kier alpha value is -1.04. The summed E-state index contributed by atoms with van der Waals surface area (Å²) in [5.41, 5.74) is 0. The molecule has 0 aromatic rings. The highest BCUT2D eigenvalue weighted by Crippen LogP contribution is 2.35.